The molecule has 182 valence electrons. The zero-order chi connectivity index (χ0) is 25.1. The Labute approximate surface area is 206 Å². The minimum atomic E-state index is -0.658. The van der Waals surface area contributed by atoms with E-state index in [2.05, 4.69) is 45.9 Å². The fourth-order valence-corrected chi connectivity index (χ4v) is 6.62. The smallest absolute Gasteiger partial charge is 0.157 e. The molecule has 2 aliphatic carbocycles. The number of rotatable bonds is 3. The molecule has 1 heterocycles. The van der Waals surface area contributed by atoms with E-state index >= 15 is 0 Å². The number of aldehydes is 2. The first-order valence-electron chi connectivity index (χ1n) is 12.2. The van der Waals surface area contributed by atoms with E-state index in [9.17, 15) is 19.8 Å². The van der Waals surface area contributed by atoms with Crippen LogP contribution < -0.4 is 4.74 Å². The molecule has 2 aromatic rings. The van der Waals surface area contributed by atoms with E-state index in [0.717, 1.165) is 18.4 Å². The second kappa shape index (κ2) is 8.11. The molecule has 35 heavy (non-hydrogen) atoms. The van der Waals surface area contributed by atoms with E-state index in [0.29, 0.717) is 18.1 Å². The first-order valence-corrected chi connectivity index (χ1v) is 12.2. The van der Waals surface area contributed by atoms with Crippen molar-refractivity contribution in [1.82, 2.24) is 0 Å². The fourth-order valence-electron chi connectivity index (χ4n) is 6.62. The van der Waals surface area contributed by atoms with E-state index in [1.807, 2.05) is 30.3 Å². The van der Waals surface area contributed by atoms with Crippen molar-refractivity contribution >= 4 is 12.6 Å². The van der Waals surface area contributed by atoms with Crippen LogP contribution in [0.25, 0.3) is 0 Å². The highest BCUT2D eigenvalue weighted by Gasteiger charge is 2.66. The van der Waals surface area contributed by atoms with Gasteiger partial charge in [-0.15, -0.1) is 0 Å². The Balaban J connectivity index is 1.79. The minimum absolute atomic E-state index is 0.00631. The average molecular weight is 473 g/mol. The maximum atomic E-state index is 12.1. The quantitative estimate of drug-likeness (QED) is 0.411. The standard InChI is InChI=1S/C30H32O5/c1-17-10-12-29(2,3)13-11-22-19(14-17)25-23(18-8-6-5-7-9-18)24-27(34)20(15-31)26(33)21(16-32)28(24)35-30(22,25)4/h5-11,13,15-16,19,22-23,25,33-34H,12,14H2,1-4H3/b13-11+,17-10+/t19?,22?,23-,25+,30-/m0/s1. The first-order chi connectivity index (χ1) is 16.6. The van der Waals surface area contributed by atoms with Crippen LogP contribution in [0.2, 0.25) is 0 Å². The van der Waals surface area contributed by atoms with Gasteiger partial charge in [-0.2, -0.15) is 0 Å². The third-order valence-electron chi connectivity index (χ3n) is 8.43. The lowest BCUT2D eigenvalue weighted by Gasteiger charge is -2.64. The molecule has 0 spiro atoms. The number of hydrogen-bond donors (Lipinski definition) is 2. The highest BCUT2D eigenvalue weighted by Crippen LogP contribution is 2.67. The van der Waals surface area contributed by atoms with E-state index in [-0.39, 0.29) is 51.7 Å². The minimum Gasteiger partial charge on any atom is -0.507 e. The van der Waals surface area contributed by atoms with Gasteiger partial charge in [0.15, 0.2) is 12.6 Å². The number of phenolic OH excluding ortho intramolecular Hbond substituents is 2. The van der Waals surface area contributed by atoms with E-state index in [1.54, 1.807) is 0 Å². The van der Waals surface area contributed by atoms with Crippen LogP contribution in [0, 0.1) is 23.2 Å². The van der Waals surface area contributed by atoms with Crippen LogP contribution in [-0.2, 0) is 0 Å². The summed E-state index contributed by atoms with van der Waals surface area (Å²) in [5.41, 5.74) is 1.70. The van der Waals surface area contributed by atoms with Gasteiger partial charge in [0.1, 0.15) is 22.8 Å². The zero-order valence-corrected chi connectivity index (χ0v) is 20.6. The molecule has 2 N–H and O–H groups in total. The van der Waals surface area contributed by atoms with Gasteiger partial charge < -0.3 is 14.9 Å². The number of ether oxygens (including phenoxy) is 1. The Kier molecular flexibility index (Phi) is 5.42. The summed E-state index contributed by atoms with van der Waals surface area (Å²) in [7, 11) is 0. The SMILES string of the molecule is C/C1=C\CC(C)(C)/C=C/C2C(C1)[C@@H]1[C@@H](c3ccccc3)c3c(O)c(C=O)c(O)c(C=O)c3O[C@@]21C. The lowest BCUT2D eigenvalue weighted by atomic mass is 9.46. The topological polar surface area (TPSA) is 83.8 Å². The van der Waals surface area contributed by atoms with Crippen molar-refractivity contribution in [3.05, 3.63) is 76.4 Å². The third-order valence-corrected chi connectivity index (χ3v) is 8.43. The molecular formula is C30H32O5. The maximum absolute atomic E-state index is 12.1. The molecule has 5 atom stereocenters. The zero-order valence-electron chi connectivity index (χ0n) is 20.6. The highest BCUT2D eigenvalue weighted by molar-refractivity contribution is 5.95. The summed E-state index contributed by atoms with van der Waals surface area (Å²) in [6, 6.07) is 9.87. The third kappa shape index (κ3) is 3.43. The molecule has 3 aliphatic rings. The predicted molar refractivity (Wildman–Crippen MR) is 134 cm³/mol. The van der Waals surface area contributed by atoms with Gasteiger partial charge in [0.25, 0.3) is 0 Å². The average Bonchev–Trinajstić information content (AvgIpc) is 2.87. The fraction of sp³-hybridized carbons (Fsp3) is 0.400. The van der Waals surface area contributed by atoms with Crippen LogP contribution >= 0.6 is 0 Å². The molecule has 5 heteroatoms. The normalized spacial score (nSPS) is 33.0. The summed E-state index contributed by atoms with van der Waals surface area (Å²) in [5, 5.41) is 21.9. The number of hydrogen-bond acceptors (Lipinski definition) is 5. The Bertz CT molecular complexity index is 1260. The van der Waals surface area contributed by atoms with Gasteiger partial charge in [-0.3, -0.25) is 9.59 Å². The van der Waals surface area contributed by atoms with Crippen molar-refractivity contribution < 1.29 is 24.5 Å². The van der Waals surface area contributed by atoms with Gasteiger partial charge in [-0.25, -0.2) is 0 Å². The van der Waals surface area contributed by atoms with E-state index in [1.165, 1.54) is 5.57 Å². The lowest BCUT2D eigenvalue weighted by molar-refractivity contribution is -0.164. The Morgan fingerprint density at radius 3 is 2.34 bits per heavy atom. The molecule has 2 unspecified atom stereocenters. The monoisotopic (exact) mass is 472 g/mol. The number of fused-ring (bicyclic) bond motifs is 5. The summed E-state index contributed by atoms with van der Waals surface area (Å²) in [6.45, 7) is 8.69. The van der Waals surface area contributed by atoms with Crippen LogP contribution in [0.5, 0.6) is 17.2 Å². The first kappa shape index (κ1) is 23.4. The van der Waals surface area contributed by atoms with Crippen molar-refractivity contribution in [3.63, 3.8) is 0 Å². The molecule has 5 nitrogen and oxygen atoms in total. The van der Waals surface area contributed by atoms with Crippen LogP contribution in [0.3, 0.4) is 0 Å². The van der Waals surface area contributed by atoms with E-state index in [4.69, 9.17) is 4.74 Å². The molecule has 0 aromatic heterocycles. The van der Waals surface area contributed by atoms with Gasteiger partial charge in [-0.1, -0.05) is 68.0 Å². The van der Waals surface area contributed by atoms with Crippen LogP contribution in [0.1, 0.15) is 78.3 Å². The second-order valence-electron chi connectivity index (χ2n) is 11.2. The number of aromatic hydroxyl groups is 2. The second-order valence-corrected chi connectivity index (χ2v) is 11.2. The summed E-state index contributed by atoms with van der Waals surface area (Å²) in [5.74, 6) is -0.670. The molecule has 5 rings (SSSR count). The molecule has 0 saturated heterocycles. The number of allylic oxidation sites excluding steroid dienone is 3. The van der Waals surface area contributed by atoms with Gasteiger partial charge in [-0.05, 0) is 43.6 Å². The van der Waals surface area contributed by atoms with Crippen molar-refractivity contribution in [2.24, 2.45) is 23.2 Å². The highest BCUT2D eigenvalue weighted by atomic mass is 16.5. The molecule has 1 saturated carbocycles. The van der Waals surface area contributed by atoms with Crippen LogP contribution in [0.4, 0.5) is 0 Å². The van der Waals surface area contributed by atoms with Gasteiger partial charge in [0.2, 0.25) is 0 Å². The Morgan fingerprint density at radius 1 is 1.00 bits per heavy atom. The molecule has 1 fully saturated rings. The molecule has 0 radical (unpaired) electrons. The molecule has 0 amide bonds. The van der Waals surface area contributed by atoms with E-state index < -0.39 is 11.4 Å². The van der Waals surface area contributed by atoms with Crippen molar-refractivity contribution in [2.75, 3.05) is 0 Å². The molecular weight excluding hydrogens is 440 g/mol. The van der Waals surface area contributed by atoms with Crippen LogP contribution in [-0.4, -0.2) is 28.4 Å². The maximum Gasteiger partial charge on any atom is 0.157 e. The summed E-state index contributed by atoms with van der Waals surface area (Å²) >= 11 is 0. The van der Waals surface area contributed by atoms with Crippen molar-refractivity contribution in [3.8, 4) is 17.2 Å². The summed E-state index contributed by atoms with van der Waals surface area (Å²) < 4.78 is 6.63. The largest absolute Gasteiger partial charge is 0.507 e. The number of carbonyl (C=O) groups excluding carboxylic acids is 2. The lowest BCUT2D eigenvalue weighted by Crippen LogP contribution is -2.67. The Morgan fingerprint density at radius 2 is 1.69 bits per heavy atom. The summed E-state index contributed by atoms with van der Waals surface area (Å²) in [6.07, 6.45) is 9.61. The number of benzene rings is 2. The molecule has 2 aromatic carbocycles. The van der Waals surface area contributed by atoms with Crippen molar-refractivity contribution in [1.29, 1.82) is 0 Å². The predicted octanol–water partition coefficient (Wildman–Crippen LogP) is 6.19. The number of phenols is 2. The van der Waals surface area contributed by atoms with Crippen molar-refractivity contribution in [2.45, 2.75) is 52.1 Å². The van der Waals surface area contributed by atoms with Crippen LogP contribution in [0.15, 0.2) is 54.1 Å². The van der Waals surface area contributed by atoms with Gasteiger partial charge in [0.05, 0.1) is 11.1 Å². The van der Waals surface area contributed by atoms with Gasteiger partial charge >= 0.3 is 0 Å². The summed E-state index contributed by atoms with van der Waals surface area (Å²) in [4.78, 5) is 24.0. The molecule has 1 aliphatic heterocycles. The number of carbonyl (C=O) groups is 2. The Hall–Kier alpha value is -3.34. The van der Waals surface area contributed by atoms with Gasteiger partial charge in [0, 0.05) is 23.3 Å². The molecule has 0 bridgehead atoms.